The largest absolute Gasteiger partial charge is 0.481 e. The maximum absolute atomic E-state index is 12.9. The monoisotopic (exact) mass is 347 g/mol. The van der Waals surface area contributed by atoms with E-state index in [1.807, 2.05) is 6.08 Å². The molecule has 0 radical (unpaired) electrons. The Hall–Kier alpha value is -1.32. The van der Waals surface area contributed by atoms with Gasteiger partial charge in [0.05, 0.1) is 11.8 Å². The van der Waals surface area contributed by atoms with E-state index in [1.165, 1.54) is 57.8 Å². The molecule has 0 aliphatic heterocycles. The number of amides is 1. The Morgan fingerprint density at radius 1 is 0.760 bits per heavy atom. The summed E-state index contributed by atoms with van der Waals surface area (Å²) in [6, 6.07) is 0.226. The molecule has 0 aromatic carbocycles. The van der Waals surface area contributed by atoms with Crippen molar-refractivity contribution in [1.82, 2.24) is 5.32 Å². The molecule has 2 fully saturated rings. The van der Waals surface area contributed by atoms with Crippen molar-refractivity contribution in [2.75, 3.05) is 0 Å². The minimum Gasteiger partial charge on any atom is -0.481 e. The molecular formula is C21H33NO3. The van der Waals surface area contributed by atoms with Crippen molar-refractivity contribution in [3.8, 4) is 0 Å². The van der Waals surface area contributed by atoms with Crippen LogP contribution in [0.25, 0.3) is 0 Å². The van der Waals surface area contributed by atoms with E-state index in [2.05, 4.69) is 11.4 Å². The SMILES string of the molecule is O=C(NC1CCCCCCCCCCC1)[C@@H]1[C@H](C(=O)O)[C@H]2C=C[C@H]1C2. The van der Waals surface area contributed by atoms with E-state index < -0.39 is 11.9 Å². The Labute approximate surface area is 151 Å². The van der Waals surface area contributed by atoms with Gasteiger partial charge in [0.2, 0.25) is 5.91 Å². The predicted octanol–water partition coefficient (Wildman–Crippen LogP) is 4.30. The van der Waals surface area contributed by atoms with E-state index in [4.69, 9.17) is 0 Å². The third-order valence-corrected chi connectivity index (χ3v) is 6.50. The lowest BCUT2D eigenvalue weighted by molar-refractivity contribution is -0.148. The summed E-state index contributed by atoms with van der Waals surface area (Å²) in [5.41, 5.74) is 0. The Balaban J connectivity index is 1.57. The first-order chi connectivity index (χ1) is 12.2. The average molecular weight is 347 g/mol. The number of allylic oxidation sites excluding steroid dienone is 2. The smallest absolute Gasteiger partial charge is 0.307 e. The van der Waals surface area contributed by atoms with Crippen LogP contribution in [0.5, 0.6) is 0 Å². The fraction of sp³-hybridized carbons (Fsp3) is 0.810. The van der Waals surface area contributed by atoms with Crippen molar-refractivity contribution in [3.05, 3.63) is 12.2 Å². The van der Waals surface area contributed by atoms with Crippen LogP contribution in [0.3, 0.4) is 0 Å². The van der Waals surface area contributed by atoms with E-state index in [-0.39, 0.29) is 29.7 Å². The summed E-state index contributed by atoms with van der Waals surface area (Å²) < 4.78 is 0. The summed E-state index contributed by atoms with van der Waals surface area (Å²) in [5, 5.41) is 12.8. The predicted molar refractivity (Wildman–Crippen MR) is 98.1 cm³/mol. The van der Waals surface area contributed by atoms with Gasteiger partial charge < -0.3 is 10.4 Å². The van der Waals surface area contributed by atoms with E-state index in [9.17, 15) is 14.7 Å². The van der Waals surface area contributed by atoms with E-state index in [0.717, 1.165) is 19.3 Å². The van der Waals surface area contributed by atoms with Gasteiger partial charge in [0.1, 0.15) is 0 Å². The lowest BCUT2D eigenvalue weighted by Crippen LogP contribution is -2.44. The second-order valence-electron chi connectivity index (χ2n) is 8.30. The number of nitrogens with one attached hydrogen (secondary N) is 1. The van der Waals surface area contributed by atoms with Gasteiger partial charge in [-0.25, -0.2) is 0 Å². The standard InChI is InChI=1S/C21H33NO3/c23-20(18-15-12-13-16(14-15)19(18)21(24)25)22-17-10-8-6-4-2-1-3-5-7-9-11-17/h12-13,15-19H,1-11,14H2,(H,22,23)(H,24,25)/t15-,16-,18-,19+/m0/s1. The van der Waals surface area contributed by atoms with Gasteiger partial charge in [-0.3, -0.25) is 9.59 Å². The van der Waals surface area contributed by atoms with E-state index in [0.29, 0.717) is 0 Å². The maximum atomic E-state index is 12.9. The summed E-state index contributed by atoms with van der Waals surface area (Å²) >= 11 is 0. The molecule has 1 amide bonds. The number of aliphatic carboxylic acids is 1. The van der Waals surface area contributed by atoms with Gasteiger partial charge >= 0.3 is 5.97 Å². The Morgan fingerprint density at radius 3 is 1.76 bits per heavy atom. The van der Waals surface area contributed by atoms with Crippen LogP contribution in [0.15, 0.2) is 12.2 Å². The quantitative estimate of drug-likeness (QED) is 0.748. The second-order valence-corrected chi connectivity index (χ2v) is 8.30. The molecule has 0 unspecified atom stereocenters. The highest BCUT2D eigenvalue weighted by Crippen LogP contribution is 2.48. The molecule has 4 atom stereocenters. The van der Waals surface area contributed by atoms with Gasteiger partial charge in [-0.1, -0.05) is 69.9 Å². The zero-order valence-electron chi connectivity index (χ0n) is 15.3. The molecule has 3 rings (SSSR count). The van der Waals surface area contributed by atoms with Crippen molar-refractivity contribution < 1.29 is 14.7 Å². The molecule has 140 valence electrons. The molecule has 25 heavy (non-hydrogen) atoms. The minimum absolute atomic E-state index is 0.0126. The van der Waals surface area contributed by atoms with Crippen LogP contribution in [0.1, 0.15) is 77.0 Å². The Morgan fingerprint density at radius 2 is 1.24 bits per heavy atom. The number of carboxylic acid groups (broad SMARTS) is 1. The number of fused-ring (bicyclic) bond motifs is 2. The van der Waals surface area contributed by atoms with Crippen LogP contribution >= 0.6 is 0 Å². The van der Waals surface area contributed by atoms with Gasteiger partial charge in [0.25, 0.3) is 0 Å². The summed E-state index contributed by atoms with van der Waals surface area (Å²) in [7, 11) is 0. The fourth-order valence-electron chi connectivity index (χ4n) is 5.12. The number of rotatable bonds is 3. The highest BCUT2D eigenvalue weighted by Gasteiger charge is 2.51. The van der Waals surface area contributed by atoms with E-state index >= 15 is 0 Å². The molecule has 0 heterocycles. The molecule has 0 aromatic rings. The van der Waals surface area contributed by atoms with Crippen LogP contribution in [0, 0.1) is 23.7 Å². The van der Waals surface area contributed by atoms with Gasteiger partial charge in [0.15, 0.2) is 0 Å². The molecule has 2 bridgehead atoms. The van der Waals surface area contributed by atoms with Crippen molar-refractivity contribution in [2.45, 2.75) is 83.1 Å². The molecule has 3 aliphatic carbocycles. The second kappa shape index (κ2) is 8.86. The van der Waals surface area contributed by atoms with Gasteiger partial charge in [0, 0.05) is 6.04 Å². The highest BCUT2D eigenvalue weighted by atomic mass is 16.4. The van der Waals surface area contributed by atoms with E-state index in [1.54, 1.807) is 0 Å². The molecule has 0 spiro atoms. The molecule has 3 aliphatic rings. The number of carbonyl (C=O) groups excluding carboxylic acids is 1. The first-order valence-electron chi connectivity index (χ1n) is 10.4. The summed E-state index contributed by atoms with van der Waals surface area (Å²) in [4.78, 5) is 24.5. The molecule has 4 nitrogen and oxygen atoms in total. The summed E-state index contributed by atoms with van der Waals surface area (Å²) in [6.07, 6.45) is 18.5. The van der Waals surface area contributed by atoms with Crippen LogP contribution in [0.2, 0.25) is 0 Å². The summed E-state index contributed by atoms with van der Waals surface area (Å²) in [5.74, 6) is -1.54. The number of hydrogen-bond acceptors (Lipinski definition) is 2. The van der Waals surface area contributed by atoms with Crippen LogP contribution in [0.4, 0.5) is 0 Å². The zero-order chi connectivity index (χ0) is 17.6. The van der Waals surface area contributed by atoms with Crippen molar-refractivity contribution >= 4 is 11.9 Å². The first kappa shape index (κ1) is 18.5. The molecule has 0 saturated heterocycles. The average Bonchev–Trinajstić information content (AvgIpc) is 3.18. The van der Waals surface area contributed by atoms with Crippen molar-refractivity contribution in [3.63, 3.8) is 0 Å². The van der Waals surface area contributed by atoms with Gasteiger partial charge in [-0.2, -0.15) is 0 Å². The lowest BCUT2D eigenvalue weighted by atomic mass is 9.82. The number of carboxylic acids is 1. The van der Waals surface area contributed by atoms with Crippen molar-refractivity contribution in [2.24, 2.45) is 23.7 Å². The third-order valence-electron chi connectivity index (χ3n) is 6.50. The number of hydrogen-bond donors (Lipinski definition) is 2. The van der Waals surface area contributed by atoms with Gasteiger partial charge in [-0.05, 0) is 31.1 Å². The Bertz CT molecular complexity index is 489. The molecule has 2 N–H and O–H groups in total. The lowest BCUT2D eigenvalue weighted by Gasteiger charge is -2.27. The fourth-order valence-corrected chi connectivity index (χ4v) is 5.12. The number of carbonyl (C=O) groups is 2. The Kier molecular flexibility index (Phi) is 6.55. The normalized spacial score (nSPS) is 34.2. The van der Waals surface area contributed by atoms with Crippen molar-refractivity contribution in [1.29, 1.82) is 0 Å². The minimum atomic E-state index is -0.810. The third kappa shape index (κ3) is 4.65. The maximum Gasteiger partial charge on any atom is 0.307 e. The zero-order valence-corrected chi connectivity index (χ0v) is 15.3. The topological polar surface area (TPSA) is 66.4 Å². The first-order valence-corrected chi connectivity index (χ1v) is 10.4. The highest BCUT2D eigenvalue weighted by molar-refractivity contribution is 5.87. The van der Waals surface area contributed by atoms with Gasteiger partial charge in [-0.15, -0.1) is 0 Å². The molecule has 4 heteroatoms. The molecule has 2 saturated carbocycles. The molecular weight excluding hydrogens is 314 g/mol. The summed E-state index contributed by atoms with van der Waals surface area (Å²) in [6.45, 7) is 0. The van der Waals surface area contributed by atoms with Crippen LogP contribution in [-0.4, -0.2) is 23.0 Å². The molecule has 0 aromatic heterocycles. The van der Waals surface area contributed by atoms with Crippen LogP contribution < -0.4 is 5.32 Å². The van der Waals surface area contributed by atoms with Crippen LogP contribution in [-0.2, 0) is 9.59 Å².